The van der Waals surface area contributed by atoms with Gasteiger partial charge in [0.15, 0.2) is 10.8 Å². The first-order chi connectivity index (χ1) is 15.8. The number of nitrogens with two attached hydrogens (primary N) is 2. The average molecular weight is 513 g/mol. The zero-order valence-electron chi connectivity index (χ0n) is 16.7. The van der Waals surface area contributed by atoms with E-state index >= 15 is 0 Å². The fraction of sp³-hybridized carbons (Fsp3) is 0.333. The first-order valence-corrected chi connectivity index (χ1v) is 11.9. The van der Waals surface area contributed by atoms with Crippen molar-refractivity contribution in [2.45, 2.75) is 16.6 Å². The van der Waals surface area contributed by atoms with Crippen molar-refractivity contribution in [1.29, 1.82) is 0 Å². The molecule has 2 aliphatic rings. The smallest absolute Gasteiger partial charge is 0.352 e. The molecule has 18 heteroatoms. The van der Waals surface area contributed by atoms with E-state index in [4.69, 9.17) is 16.4 Å². The topological polar surface area (TPSA) is 217 Å². The van der Waals surface area contributed by atoms with Gasteiger partial charge in [0.05, 0.1) is 0 Å². The number of nitrogens with zero attached hydrogens (tertiary/aromatic N) is 7. The van der Waals surface area contributed by atoms with Gasteiger partial charge in [-0.3, -0.25) is 14.5 Å². The van der Waals surface area contributed by atoms with Crippen LogP contribution < -0.4 is 16.9 Å². The summed E-state index contributed by atoms with van der Waals surface area (Å²) in [6.07, 6.45) is 0. The first kappa shape index (κ1) is 22.8. The molecule has 174 valence electrons. The maximum atomic E-state index is 12.8. The van der Waals surface area contributed by atoms with Gasteiger partial charge in [-0.2, -0.15) is 0 Å². The fourth-order valence-electron chi connectivity index (χ4n) is 3.13. The van der Waals surface area contributed by atoms with E-state index in [1.807, 2.05) is 0 Å². The molecule has 0 aromatic carbocycles. The number of thiazole rings is 1. The second-order valence-corrected chi connectivity index (χ2v) is 9.44. The summed E-state index contributed by atoms with van der Waals surface area (Å²) in [6, 6.07) is -0.944. The Labute approximate surface area is 197 Å². The fourth-order valence-corrected chi connectivity index (χ4v) is 5.96. The predicted molar refractivity (Wildman–Crippen MR) is 118 cm³/mol. The lowest BCUT2D eigenvalue weighted by molar-refractivity contribution is -0.150. The standard InChI is InChI=1S/C15H16N10O5S3/c1-30-21-7(6-4-32-14(16)18-6)10(26)19-8-11(27)24-9(13(28)29)5(2-31-12(8)24)3-33-15-20-22-23-25(15)17/h4,8,12H,2-3,17H2,1H3,(H2,16,18)(H,19,26)(H,28,29)/b21-7-/t8-,12+/m1/s1. The van der Waals surface area contributed by atoms with Crippen LogP contribution >= 0.6 is 34.9 Å². The zero-order valence-corrected chi connectivity index (χ0v) is 19.2. The number of amides is 2. The molecule has 6 N–H and O–H groups in total. The van der Waals surface area contributed by atoms with Gasteiger partial charge in [-0.05, 0) is 16.0 Å². The second kappa shape index (κ2) is 9.24. The number of carbonyl (C=O) groups is 3. The van der Waals surface area contributed by atoms with Crippen molar-refractivity contribution >= 4 is 63.5 Å². The van der Waals surface area contributed by atoms with E-state index in [1.54, 1.807) is 0 Å². The number of carbonyl (C=O) groups excluding carboxylic acids is 2. The van der Waals surface area contributed by atoms with Crippen molar-refractivity contribution < 1.29 is 24.3 Å². The number of carboxylic acids is 1. The average Bonchev–Trinajstić information content (AvgIpc) is 3.40. The summed E-state index contributed by atoms with van der Waals surface area (Å²) < 4.78 is 0. The SMILES string of the molecule is CO/N=C(\C(=O)N[C@@H]1C(=O)N2C(C(=O)O)=C(CSc3nnnn3N)CS[C@@H]12)c1csc(N)n1. The van der Waals surface area contributed by atoms with E-state index in [0.29, 0.717) is 16.5 Å². The number of anilines is 1. The Hall–Kier alpha value is -3.38. The number of hydrogen-bond donors (Lipinski definition) is 4. The van der Waals surface area contributed by atoms with Crippen LogP contribution in [0, 0.1) is 0 Å². The molecule has 0 unspecified atom stereocenters. The van der Waals surface area contributed by atoms with E-state index in [0.717, 1.165) is 32.8 Å². The largest absolute Gasteiger partial charge is 0.477 e. The normalized spacial score (nSPS) is 20.3. The van der Waals surface area contributed by atoms with Crippen LogP contribution in [0.3, 0.4) is 0 Å². The third kappa shape index (κ3) is 4.31. The molecule has 0 aliphatic carbocycles. The second-order valence-electron chi connectivity index (χ2n) is 6.51. The molecule has 0 spiro atoms. The van der Waals surface area contributed by atoms with Crippen LogP contribution in [0.4, 0.5) is 5.13 Å². The van der Waals surface area contributed by atoms with Crippen molar-refractivity contribution in [2.24, 2.45) is 5.16 Å². The highest BCUT2D eigenvalue weighted by atomic mass is 32.2. The summed E-state index contributed by atoms with van der Waals surface area (Å²) in [5, 5.41) is 28.2. The van der Waals surface area contributed by atoms with Crippen molar-refractivity contribution in [3.63, 3.8) is 0 Å². The number of β-lactam (4-membered cyclic amide) rings is 1. The summed E-state index contributed by atoms with van der Waals surface area (Å²) in [6.45, 7) is 0. The molecule has 2 aliphatic heterocycles. The summed E-state index contributed by atoms with van der Waals surface area (Å²) in [7, 11) is 1.27. The Kier molecular flexibility index (Phi) is 6.38. The molecule has 2 atom stereocenters. The number of fused-ring (bicyclic) bond motifs is 1. The lowest BCUT2D eigenvalue weighted by Gasteiger charge is -2.49. The van der Waals surface area contributed by atoms with Crippen LogP contribution in [0.25, 0.3) is 0 Å². The minimum absolute atomic E-state index is 0.129. The van der Waals surface area contributed by atoms with Crippen molar-refractivity contribution in [2.75, 3.05) is 30.2 Å². The molecule has 2 aromatic rings. The van der Waals surface area contributed by atoms with Crippen LogP contribution in [0.15, 0.2) is 27.0 Å². The summed E-state index contributed by atoms with van der Waals surface area (Å²) in [4.78, 5) is 48.4. The lowest BCUT2D eigenvalue weighted by atomic mass is 10.0. The van der Waals surface area contributed by atoms with Gasteiger partial charge in [0.25, 0.3) is 11.8 Å². The highest BCUT2D eigenvalue weighted by Crippen LogP contribution is 2.41. The number of thioether (sulfide) groups is 2. The third-order valence-corrected chi connectivity index (χ3v) is 7.57. The summed E-state index contributed by atoms with van der Waals surface area (Å²) in [5.74, 6) is 3.61. The van der Waals surface area contributed by atoms with Crippen molar-refractivity contribution in [3.8, 4) is 0 Å². The third-order valence-electron chi connectivity index (χ3n) is 4.54. The van der Waals surface area contributed by atoms with E-state index < -0.39 is 29.2 Å². The molecule has 0 bridgehead atoms. The molecule has 1 saturated heterocycles. The van der Waals surface area contributed by atoms with E-state index in [-0.39, 0.29) is 28.0 Å². The molecule has 2 aromatic heterocycles. The molecule has 33 heavy (non-hydrogen) atoms. The monoisotopic (exact) mass is 512 g/mol. The molecular formula is C15H16N10O5S3. The molecule has 4 heterocycles. The number of rotatable bonds is 8. The molecule has 1 fully saturated rings. The number of aliphatic carboxylic acids is 1. The predicted octanol–water partition coefficient (Wildman–Crippen LogP) is -1.69. The molecule has 15 nitrogen and oxygen atoms in total. The van der Waals surface area contributed by atoms with Gasteiger partial charge in [0.1, 0.15) is 29.9 Å². The Morgan fingerprint density at radius 1 is 1.48 bits per heavy atom. The molecule has 0 radical (unpaired) electrons. The van der Waals surface area contributed by atoms with E-state index in [9.17, 15) is 19.5 Å². The van der Waals surface area contributed by atoms with Gasteiger partial charge in [0.2, 0.25) is 5.16 Å². The Morgan fingerprint density at radius 2 is 2.27 bits per heavy atom. The van der Waals surface area contributed by atoms with Gasteiger partial charge in [-0.1, -0.05) is 22.0 Å². The van der Waals surface area contributed by atoms with Crippen LogP contribution in [-0.2, 0) is 19.2 Å². The number of oxime groups is 1. The van der Waals surface area contributed by atoms with Crippen LogP contribution in [0.2, 0.25) is 0 Å². The van der Waals surface area contributed by atoms with Crippen molar-refractivity contribution in [3.05, 3.63) is 22.3 Å². The molecule has 4 rings (SSSR count). The number of aromatic nitrogens is 5. The quantitative estimate of drug-likeness (QED) is 0.102. The van der Waals surface area contributed by atoms with Gasteiger partial charge in [0, 0.05) is 16.9 Å². The van der Waals surface area contributed by atoms with E-state index in [2.05, 4.69) is 31.0 Å². The molecule has 2 amide bonds. The number of carboxylic acid groups (broad SMARTS) is 1. The van der Waals surface area contributed by atoms with Crippen molar-refractivity contribution in [1.82, 2.24) is 35.5 Å². The lowest BCUT2D eigenvalue weighted by Crippen LogP contribution is -2.71. The highest BCUT2D eigenvalue weighted by molar-refractivity contribution is 8.01. The Balaban J connectivity index is 1.49. The highest BCUT2D eigenvalue weighted by Gasteiger charge is 2.54. The van der Waals surface area contributed by atoms with Gasteiger partial charge < -0.3 is 26.8 Å². The van der Waals surface area contributed by atoms with Gasteiger partial charge in [-0.25, -0.2) is 9.78 Å². The minimum atomic E-state index is -1.25. The molecular weight excluding hydrogens is 496 g/mol. The van der Waals surface area contributed by atoms with E-state index in [1.165, 1.54) is 24.3 Å². The van der Waals surface area contributed by atoms with Gasteiger partial charge >= 0.3 is 5.97 Å². The summed E-state index contributed by atoms with van der Waals surface area (Å²) >= 11 is 3.59. The number of hydrogen-bond acceptors (Lipinski definition) is 14. The maximum absolute atomic E-state index is 12.8. The molecule has 0 saturated carbocycles. The van der Waals surface area contributed by atoms with Crippen LogP contribution in [0.1, 0.15) is 5.69 Å². The number of nitrogens with one attached hydrogen (secondary N) is 1. The summed E-state index contributed by atoms with van der Waals surface area (Å²) in [5.41, 5.74) is 6.04. The van der Waals surface area contributed by atoms with Crippen LogP contribution in [-0.4, -0.2) is 88.8 Å². The Bertz CT molecular complexity index is 1180. The van der Waals surface area contributed by atoms with Crippen LogP contribution in [0.5, 0.6) is 0 Å². The maximum Gasteiger partial charge on any atom is 0.352 e. The van der Waals surface area contributed by atoms with Gasteiger partial charge in [-0.15, -0.1) is 27.9 Å². The zero-order chi connectivity index (χ0) is 23.7. The minimum Gasteiger partial charge on any atom is -0.477 e. The first-order valence-electron chi connectivity index (χ1n) is 9.01. The number of nitrogen functional groups attached to an aromatic ring is 2. The number of tetrazole rings is 1. The Morgan fingerprint density at radius 3 is 2.88 bits per heavy atom.